The van der Waals surface area contributed by atoms with Crippen molar-refractivity contribution in [2.75, 3.05) is 32.7 Å². The molecule has 0 unspecified atom stereocenters. The number of halogens is 3. The molecule has 2 N–H and O–H groups in total. The van der Waals surface area contributed by atoms with E-state index in [0.717, 1.165) is 87.7 Å². The van der Waals surface area contributed by atoms with Crippen LogP contribution in [0.5, 0.6) is 0 Å². The Morgan fingerprint density at radius 1 is 0.979 bits per heavy atom. The number of aromatic nitrogens is 5. The van der Waals surface area contributed by atoms with E-state index in [9.17, 15) is 13.2 Å². The molecule has 1 aromatic carbocycles. The maximum Gasteiger partial charge on any atom is 0.261 e. The topological polar surface area (TPSA) is 76.7 Å². The van der Waals surface area contributed by atoms with Crippen molar-refractivity contribution in [3.8, 4) is 22.5 Å². The highest BCUT2D eigenvalue weighted by Gasteiger charge is 2.37. The maximum absolute atomic E-state index is 14.9. The molecule has 0 bridgehead atoms. The Hall–Kier alpha value is -4.54. The molecule has 5 aromatic rings. The molecule has 0 spiro atoms. The molecule has 248 valence electrons. The van der Waals surface area contributed by atoms with Gasteiger partial charge in [0, 0.05) is 59.8 Å². The number of likely N-dealkylation sites (tertiary alicyclic amines) is 2. The standard InChI is InChI=1S/C38H40F3N7/c1-3-28(30-14-27(19-42-20-30)23-48-12-8-38(40,41)24-48)17-32-25(2)45-46-37(32)35-18-33-34(21-43-22-36(33)44-35)29-13-26(15-31(39)16-29)7-6-11-47-9-4-5-10-47/h3,13-22,44-45H,2,4-12,23-24H2,1H3/b28-3+,32-17+. The molecule has 0 aliphatic carbocycles. The molecule has 7 rings (SSSR count). The van der Waals surface area contributed by atoms with Crippen molar-refractivity contribution in [1.82, 2.24) is 34.9 Å². The minimum Gasteiger partial charge on any atom is -0.352 e. The van der Waals surface area contributed by atoms with Crippen LogP contribution in [0.25, 0.3) is 51.6 Å². The zero-order valence-corrected chi connectivity index (χ0v) is 27.2. The van der Waals surface area contributed by atoms with Crippen LogP contribution in [0.4, 0.5) is 13.2 Å². The normalized spacial score (nSPS) is 17.7. The van der Waals surface area contributed by atoms with Crippen LogP contribution in [0.2, 0.25) is 0 Å². The number of hydrogen-bond acceptors (Lipinski definition) is 5. The summed E-state index contributed by atoms with van der Waals surface area (Å²) < 4.78 is 42.5. The van der Waals surface area contributed by atoms with E-state index in [0.29, 0.717) is 24.1 Å². The van der Waals surface area contributed by atoms with Gasteiger partial charge in [0.1, 0.15) is 11.5 Å². The second-order valence-corrected chi connectivity index (χ2v) is 13.1. The quantitative estimate of drug-likeness (QED) is 0.185. The average Bonchev–Trinajstić information content (AvgIpc) is 3.87. The first-order valence-electron chi connectivity index (χ1n) is 16.7. The van der Waals surface area contributed by atoms with Gasteiger partial charge in [0.2, 0.25) is 0 Å². The molecular weight excluding hydrogens is 611 g/mol. The predicted molar refractivity (Wildman–Crippen MR) is 185 cm³/mol. The van der Waals surface area contributed by atoms with Crippen LogP contribution < -0.4 is 10.6 Å². The first-order valence-corrected chi connectivity index (χ1v) is 16.7. The predicted octanol–water partition coefficient (Wildman–Crippen LogP) is 6.32. The van der Waals surface area contributed by atoms with E-state index < -0.39 is 5.92 Å². The van der Waals surface area contributed by atoms with E-state index in [1.165, 1.54) is 12.8 Å². The lowest BCUT2D eigenvalue weighted by molar-refractivity contribution is 0.0115. The zero-order valence-electron chi connectivity index (χ0n) is 27.2. The molecule has 10 heteroatoms. The van der Waals surface area contributed by atoms with Gasteiger partial charge in [-0.05, 0) is 105 Å². The summed E-state index contributed by atoms with van der Waals surface area (Å²) in [6.07, 6.45) is 15.3. The highest BCUT2D eigenvalue weighted by atomic mass is 19.3. The van der Waals surface area contributed by atoms with Crippen molar-refractivity contribution in [2.45, 2.75) is 51.5 Å². The van der Waals surface area contributed by atoms with Gasteiger partial charge in [-0.2, -0.15) is 5.10 Å². The van der Waals surface area contributed by atoms with Gasteiger partial charge in [-0.3, -0.25) is 20.0 Å². The van der Waals surface area contributed by atoms with Crippen molar-refractivity contribution in [3.05, 3.63) is 94.3 Å². The van der Waals surface area contributed by atoms with Gasteiger partial charge < -0.3 is 9.88 Å². The van der Waals surface area contributed by atoms with Crippen LogP contribution in [0.3, 0.4) is 0 Å². The van der Waals surface area contributed by atoms with E-state index in [-0.39, 0.29) is 18.8 Å². The number of rotatable bonds is 10. The number of H-pyrrole nitrogens is 2. The number of aryl methyl sites for hydroxylation is 1. The van der Waals surface area contributed by atoms with Crippen LogP contribution >= 0.6 is 0 Å². The third kappa shape index (κ3) is 7.00. The van der Waals surface area contributed by atoms with E-state index in [1.54, 1.807) is 41.8 Å². The monoisotopic (exact) mass is 651 g/mol. The second kappa shape index (κ2) is 13.5. The number of aromatic amines is 2. The number of benzene rings is 1. The van der Waals surface area contributed by atoms with Gasteiger partial charge in [-0.15, -0.1) is 0 Å². The molecule has 0 amide bonds. The van der Waals surface area contributed by atoms with E-state index >= 15 is 0 Å². The molecule has 7 nitrogen and oxygen atoms in total. The molecule has 2 saturated heterocycles. The van der Waals surface area contributed by atoms with Crippen LogP contribution in [0.1, 0.15) is 49.3 Å². The molecule has 6 heterocycles. The van der Waals surface area contributed by atoms with Crippen molar-refractivity contribution in [3.63, 3.8) is 0 Å². The lowest BCUT2D eigenvalue weighted by Crippen LogP contribution is -2.25. The fourth-order valence-corrected chi connectivity index (χ4v) is 7.04. The first-order chi connectivity index (χ1) is 23.2. The Balaban J connectivity index is 1.17. The van der Waals surface area contributed by atoms with Crippen LogP contribution in [-0.2, 0) is 13.0 Å². The SMILES string of the molecule is C=c1[nH]nc(-c2cc3c(-c4cc(F)cc(CCCN5CCCC5)c4)cncc3[nH]2)/c1=C/C(=C\C)c1cncc(CN2CCC(F)(F)C2)c1. The Bertz CT molecular complexity index is 2070. The molecule has 0 atom stereocenters. The lowest BCUT2D eigenvalue weighted by atomic mass is 9.99. The van der Waals surface area contributed by atoms with E-state index in [1.807, 2.05) is 31.2 Å². The van der Waals surface area contributed by atoms with Crippen LogP contribution in [0, 0.1) is 5.82 Å². The maximum atomic E-state index is 14.9. The highest BCUT2D eigenvalue weighted by Crippen LogP contribution is 2.32. The van der Waals surface area contributed by atoms with E-state index in [4.69, 9.17) is 0 Å². The zero-order chi connectivity index (χ0) is 33.3. The van der Waals surface area contributed by atoms with Gasteiger partial charge in [0.25, 0.3) is 5.92 Å². The van der Waals surface area contributed by atoms with Gasteiger partial charge in [-0.1, -0.05) is 18.7 Å². The van der Waals surface area contributed by atoms with Crippen LogP contribution in [0.15, 0.2) is 61.2 Å². The first kappa shape index (κ1) is 32.0. The summed E-state index contributed by atoms with van der Waals surface area (Å²) in [7, 11) is 0. The Morgan fingerprint density at radius 2 is 1.81 bits per heavy atom. The highest BCUT2D eigenvalue weighted by molar-refractivity contribution is 5.97. The van der Waals surface area contributed by atoms with E-state index in [2.05, 4.69) is 42.7 Å². The Morgan fingerprint density at radius 3 is 2.60 bits per heavy atom. The number of alkyl halides is 2. The second-order valence-electron chi connectivity index (χ2n) is 13.1. The van der Waals surface area contributed by atoms with Crippen molar-refractivity contribution in [2.24, 2.45) is 0 Å². The van der Waals surface area contributed by atoms with Crippen molar-refractivity contribution in [1.29, 1.82) is 0 Å². The average molecular weight is 652 g/mol. The third-order valence-electron chi connectivity index (χ3n) is 9.48. The molecule has 0 radical (unpaired) electrons. The minimum atomic E-state index is -2.64. The lowest BCUT2D eigenvalue weighted by Gasteiger charge is -2.16. The number of pyridine rings is 2. The van der Waals surface area contributed by atoms with Crippen molar-refractivity contribution >= 4 is 29.1 Å². The summed E-state index contributed by atoms with van der Waals surface area (Å²) in [5.74, 6) is -2.89. The number of nitrogens with one attached hydrogen (secondary N) is 2. The van der Waals surface area contributed by atoms with Gasteiger partial charge in [-0.25, -0.2) is 13.2 Å². The number of allylic oxidation sites excluding steroid dienone is 2. The molecule has 48 heavy (non-hydrogen) atoms. The van der Waals surface area contributed by atoms with Crippen LogP contribution in [-0.4, -0.2) is 73.6 Å². The summed E-state index contributed by atoms with van der Waals surface area (Å²) in [6.45, 7) is 10.1. The van der Waals surface area contributed by atoms with Gasteiger partial charge >= 0.3 is 0 Å². The molecule has 2 aliphatic heterocycles. The molecule has 4 aromatic heterocycles. The fraction of sp³-hybridized carbons (Fsp3) is 0.342. The van der Waals surface area contributed by atoms with Crippen molar-refractivity contribution < 1.29 is 13.2 Å². The Labute approximate surface area is 277 Å². The molecule has 0 saturated carbocycles. The number of fused-ring (bicyclic) bond motifs is 1. The number of nitrogens with zero attached hydrogens (tertiary/aromatic N) is 5. The number of hydrogen-bond donors (Lipinski definition) is 2. The molecule has 2 aliphatic rings. The Kier molecular flexibility index (Phi) is 9.02. The minimum absolute atomic E-state index is 0.114. The van der Waals surface area contributed by atoms with Gasteiger partial charge in [0.05, 0.1) is 29.3 Å². The summed E-state index contributed by atoms with van der Waals surface area (Å²) in [4.78, 5) is 16.6. The largest absolute Gasteiger partial charge is 0.352 e. The fourth-order valence-electron chi connectivity index (χ4n) is 7.04. The summed E-state index contributed by atoms with van der Waals surface area (Å²) in [5, 5.41) is 10.0. The smallest absolute Gasteiger partial charge is 0.261 e. The van der Waals surface area contributed by atoms with Gasteiger partial charge in [0.15, 0.2) is 0 Å². The summed E-state index contributed by atoms with van der Waals surface area (Å²) in [6, 6.07) is 9.32. The third-order valence-corrected chi connectivity index (χ3v) is 9.48. The summed E-state index contributed by atoms with van der Waals surface area (Å²) in [5.41, 5.74) is 7.56. The summed E-state index contributed by atoms with van der Waals surface area (Å²) >= 11 is 0. The molecular formula is C38H40F3N7. The molecule has 2 fully saturated rings.